The van der Waals surface area contributed by atoms with Crippen LogP contribution in [0.15, 0.2) is 47.9 Å². The summed E-state index contributed by atoms with van der Waals surface area (Å²) in [6.45, 7) is 15.8. The van der Waals surface area contributed by atoms with Gasteiger partial charge in [0.25, 0.3) is 11.7 Å². The van der Waals surface area contributed by atoms with Gasteiger partial charge in [-0.3, -0.25) is 19.2 Å². The Morgan fingerprint density at radius 3 is 2.16 bits per heavy atom. The second kappa shape index (κ2) is 13.6. The molecule has 0 saturated carbocycles. The molecule has 50 heavy (non-hydrogen) atoms. The van der Waals surface area contributed by atoms with E-state index in [1.54, 1.807) is 25.3 Å². The number of methoxy groups -OCH3 is 1. The summed E-state index contributed by atoms with van der Waals surface area (Å²) in [5.74, 6) is -7.64. The Balaban J connectivity index is 1.59. The number of Topliss-reactive ketones (excluding diaryl/α,β-unsaturated/α-hetero) is 2. The molecule has 1 amide bonds. The van der Waals surface area contributed by atoms with Gasteiger partial charge in [0.15, 0.2) is 11.6 Å². The molecule has 0 spiro atoms. The van der Waals surface area contributed by atoms with Crippen molar-refractivity contribution in [1.82, 2.24) is 5.32 Å². The van der Waals surface area contributed by atoms with E-state index < -0.39 is 58.4 Å². The molecule has 4 aliphatic heterocycles. The minimum atomic E-state index is -1.95. The van der Waals surface area contributed by atoms with Crippen molar-refractivity contribution in [2.75, 3.05) is 7.11 Å². The molecule has 5 aliphatic rings. The highest BCUT2D eigenvalue weighted by Crippen LogP contribution is 2.48. The smallest absolute Gasteiger partial charge is 0.312 e. The highest BCUT2D eigenvalue weighted by Gasteiger charge is 2.52. The average Bonchev–Trinajstić information content (AvgIpc) is 3.32. The van der Waals surface area contributed by atoms with Crippen molar-refractivity contribution in [3.63, 3.8) is 0 Å². The lowest BCUT2D eigenvalue weighted by Crippen LogP contribution is -2.57. The summed E-state index contributed by atoms with van der Waals surface area (Å²) in [6, 6.07) is 0. The fourth-order valence-corrected chi connectivity index (χ4v) is 7.31. The Morgan fingerprint density at radius 1 is 0.880 bits per heavy atom. The number of allylic oxidation sites excluding steroid dienone is 4. The topological polar surface area (TPSA) is 167 Å². The van der Waals surface area contributed by atoms with Crippen LogP contribution in [0.2, 0.25) is 0 Å². The van der Waals surface area contributed by atoms with Gasteiger partial charge in [-0.2, -0.15) is 0 Å². The summed E-state index contributed by atoms with van der Waals surface area (Å²) in [7, 11) is 1.55. The van der Waals surface area contributed by atoms with Gasteiger partial charge >= 0.3 is 5.79 Å². The molecular formula is C38H47NO11. The lowest BCUT2D eigenvalue weighted by molar-refractivity contribution is -0.341. The van der Waals surface area contributed by atoms with Crippen LogP contribution in [0.1, 0.15) is 92.0 Å². The number of phenols is 1. The van der Waals surface area contributed by atoms with Crippen LogP contribution < -0.4 is 10.1 Å². The van der Waals surface area contributed by atoms with Crippen LogP contribution >= 0.6 is 0 Å². The fraction of sp³-hybridized carbons (Fsp3) is 0.526. The normalized spacial score (nSPS) is 34.5. The van der Waals surface area contributed by atoms with Gasteiger partial charge in [0, 0.05) is 54.9 Å². The quantitative estimate of drug-likeness (QED) is 0.368. The number of fused-ring (bicyclic) bond motifs is 10. The average molecular weight is 694 g/mol. The molecule has 1 saturated heterocycles. The van der Waals surface area contributed by atoms with Crippen molar-refractivity contribution < 1.29 is 53.1 Å². The van der Waals surface area contributed by atoms with Crippen LogP contribution in [0.3, 0.4) is 0 Å². The summed E-state index contributed by atoms with van der Waals surface area (Å²) in [5.41, 5.74) is -1.02. The predicted octanol–water partition coefficient (Wildman–Crippen LogP) is 4.86. The Kier molecular flexibility index (Phi) is 10.1. The third-order valence-corrected chi connectivity index (χ3v) is 10.3. The lowest BCUT2D eigenvalue weighted by atomic mass is 9.77. The molecule has 12 nitrogen and oxygen atoms in total. The van der Waals surface area contributed by atoms with Crippen molar-refractivity contribution in [3.05, 3.63) is 70.2 Å². The second-order valence-electron chi connectivity index (χ2n) is 14.4. The van der Waals surface area contributed by atoms with Crippen molar-refractivity contribution in [2.24, 2.45) is 23.7 Å². The maximum Gasteiger partial charge on any atom is 0.312 e. The van der Waals surface area contributed by atoms with Crippen molar-refractivity contribution in [1.29, 1.82) is 0 Å². The molecule has 7 bridgehead atoms. The van der Waals surface area contributed by atoms with Gasteiger partial charge in [0.1, 0.15) is 11.5 Å². The van der Waals surface area contributed by atoms with Gasteiger partial charge in [-0.15, -0.1) is 0 Å². The molecule has 1 aliphatic carbocycles. The highest BCUT2D eigenvalue weighted by atomic mass is 16.7. The SMILES string of the molecule is CO[C@@H]1C=CO[C@@]2(C)Oc3c(C)c(O)c4c(c3C2=O)C(=O)C=C(NC(=O)C(C)=CC=C[C@H](C)[C@H](O)[C@H](C)[C@H]2OC(C)(C)O[C@H]([C@H]2C)[C@@H]1C)C4=O. The number of benzene rings is 1. The molecule has 1 aromatic rings. The number of hydrogen-bond acceptors (Lipinski definition) is 11. The number of rotatable bonds is 1. The van der Waals surface area contributed by atoms with E-state index in [-0.39, 0.29) is 69.6 Å². The number of nitrogens with one attached hydrogen (secondary N) is 1. The van der Waals surface area contributed by atoms with Crippen LogP contribution in [-0.4, -0.2) is 76.6 Å². The van der Waals surface area contributed by atoms with E-state index in [1.165, 1.54) is 33.1 Å². The monoisotopic (exact) mass is 693 g/mol. The van der Waals surface area contributed by atoms with Crippen LogP contribution in [0.25, 0.3) is 0 Å². The van der Waals surface area contributed by atoms with Gasteiger partial charge < -0.3 is 39.2 Å². The summed E-state index contributed by atoms with van der Waals surface area (Å²) < 4.78 is 30.6. The Labute approximate surface area is 292 Å². The second-order valence-corrected chi connectivity index (χ2v) is 14.4. The lowest BCUT2D eigenvalue weighted by Gasteiger charge is -2.50. The third-order valence-electron chi connectivity index (χ3n) is 10.3. The molecule has 1 fully saturated rings. The van der Waals surface area contributed by atoms with Crippen molar-refractivity contribution in [3.8, 4) is 11.5 Å². The first kappa shape index (κ1) is 37.2. The van der Waals surface area contributed by atoms with Crippen LogP contribution in [0, 0.1) is 30.6 Å². The first-order chi connectivity index (χ1) is 23.3. The summed E-state index contributed by atoms with van der Waals surface area (Å²) in [5, 5.41) is 25.0. The molecule has 270 valence electrons. The number of carbonyl (C=O) groups excluding carboxylic acids is 4. The van der Waals surface area contributed by atoms with E-state index in [0.29, 0.717) is 0 Å². The maximum atomic E-state index is 13.9. The summed E-state index contributed by atoms with van der Waals surface area (Å²) in [6.07, 6.45) is 6.66. The number of aromatic hydroxyl groups is 1. The molecule has 9 atom stereocenters. The zero-order valence-electron chi connectivity index (χ0n) is 30.2. The van der Waals surface area contributed by atoms with Gasteiger partial charge in [0.2, 0.25) is 5.78 Å². The number of amides is 1. The fourth-order valence-electron chi connectivity index (χ4n) is 7.31. The minimum absolute atomic E-state index is 0.0561. The van der Waals surface area contributed by atoms with Crippen LogP contribution in [-0.2, 0) is 23.7 Å². The van der Waals surface area contributed by atoms with E-state index in [2.05, 4.69) is 5.32 Å². The van der Waals surface area contributed by atoms with E-state index in [4.69, 9.17) is 23.7 Å². The molecular weight excluding hydrogens is 646 g/mol. The van der Waals surface area contributed by atoms with E-state index in [1.807, 2.05) is 41.5 Å². The standard InChI is InChI=1S/C38H47NO11/c1-17-12-11-13-18(2)36(45)39-23-16-24(40)26-27(31(23)43)30(42)21(5)34-28(26)35(44)38(9,50-34)47-15-14-25(46-10)19(3)32-22(6)33(20(4)29(17)41)49-37(7,8)48-32/h11-17,19-20,22,25,29,32-33,41-42H,1-10H3,(H,39,45)/t17-,19+,20-,22+,25+,29-,32-,33+,38-/m0/s1. The molecule has 0 unspecified atom stereocenters. The first-order valence-corrected chi connectivity index (χ1v) is 16.8. The molecule has 12 heteroatoms. The Morgan fingerprint density at radius 2 is 1.52 bits per heavy atom. The van der Waals surface area contributed by atoms with Gasteiger partial charge in [-0.25, -0.2) is 0 Å². The number of hydrogen-bond donors (Lipinski definition) is 3. The molecule has 1 aromatic carbocycles. The number of carbonyl (C=O) groups is 4. The van der Waals surface area contributed by atoms with E-state index in [0.717, 1.165) is 6.08 Å². The number of phenolic OH excluding ortho intramolecular Hbond substituents is 1. The minimum Gasteiger partial charge on any atom is -0.507 e. The zero-order valence-corrected chi connectivity index (χ0v) is 30.2. The first-order valence-electron chi connectivity index (χ1n) is 16.8. The number of aliphatic hydroxyl groups is 1. The van der Waals surface area contributed by atoms with E-state index in [9.17, 15) is 29.4 Å². The van der Waals surface area contributed by atoms with Gasteiger partial charge in [0.05, 0.1) is 53.1 Å². The van der Waals surface area contributed by atoms with Gasteiger partial charge in [-0.1, -0.05) is 45.9 Å². The molecule has 3 N–H and O–H groups in total. The van der Waals surface area contributed by atoms with Crippen LogP contribution in [0.4, 0.5) is 0 Å². The third kappa shape index (κ3) is 6.45. The van der Waals surface area contributed by atoms with E-state index >= 15 is 0 Å². The summed E-state index contributed by atoms with van der Waals surface area (Å²) >= 11 is 0. The molecule has 0 radical (unpaired) electrons. The Hall–Kier alpha value is -4.10. The maximum absolute atomic E-state index is 13.9. The Bertz CT molecular complexity index is 1740. The van der Waals surface area contributed by atoms with Crippen LogP contribution in [0.5, 0.6) is 11.5 Å². The molecule has 4 heterocycles. The zero-order chi connectivity index (χ0) is 37.0. The largest absolute Gasteiger partial charge is 0.507 e. The van der Waals surface area contributed by atoms with Crippen molar-refractivity contribution >= 4 is 23.3 Å². The molecule has 0 aromatic heterocycles. The number of aliphatic hydroxyl groups excluding tert-OH is 1. The summed E-state index contributed by atoms with van der Waals surface area (Å²) in [4.78, 5) is 54.2. The van der Waals surface area contributed by atoms with Crippen molar-refractivity contribution in [2.45, 2.75) is 98.3 Å². The number of ether oxygens (including phenoxy) is 5. The highest BCUT2D eigenvalue weighted by molar-refractivity contribution is 6.30. The number of ketones is 3. The molecule has 6 rings (SSSR count). The predicted molar refractivity (Wildman–Crippen MR) is 182 cm³/mol. The van der Waals surface area contributed by atoms with Gasteiger partial charge in [-0.05, 0) is 33.8 Å².